The number of benzene rings is 1. The summed E-state index contributed by atoms with van der Waals surface area (Å²) in [4.78, 5) is 8.23. The highest BCUT2D eigenvalue weighted by atomic mass is 16.5. The van der Waals surface area contributed by atoms with Gasteiger partial charge in [-0.05, 0) is 24.1 Å². The Kier molecular flexibility index (Phi) is 5.17. The van der Waals surface area contributed by atoms with Crippen molar-refractivity contribution < 1.29 is 9.47 Å². The van der Waals surface area contributed by atoms with Crippen molar-refractivity contribution in [2.75, 3.05) is 19.0 Å². The lowest BCUT2D eigenvalue weighted by Crippen LogP contribution is -2.03. The molecule has 0 saturated carbocycles. The third-order valence-electron chi connectivity index (χ3n) is 2.74. The van der Waals surface area contributed by atoms with E-state index in [1.165, 1.54) is 6.33 Å². The van der Waals surface area contributed by atoms with Gasteiger partial charge in [-0.2, -0.15) is 0 Å². The summed E-state index contributed by atoms with van der Waals surface area (Å²) in [5.74, 6) is 2.18. The van der Waals surface area contributed by atoms with Crippen LogP contribution in [0.1, 0.15) is 18.9 Å². The van der Waals surface area contributed by atoms with Crippen molar-refractivity contribution in [1.29, 1.82) is 0 Å². The average molecular weight is 273 g/mol. The number of hydrogen-bond acceptors (Lipinski definition) is 5. The zero-order valence-corrected chi connectivity index (χ0v) is 11.8. The van der Waals surface area contributed by atoms with E-state index in [1.54, 1.807) is 13.2 Å². The molecular formula is C15H19N3O2. The van der Waals surface area contributed by atoms with Crippen LogP contribution in [0.4, 0.5) is 5.82 Å². The number of anilines is 1. The SMILES string of the molecule is CCCNc1cc(OCc2ccc(OC)cc2)ncn1. The second kappa shape index (κ2) is 7.33. The van der Waals surface area contributed by atoms with Crippen molar-refractivity contribution in [3.05, 3.63) is 42.2 Å². The van der Waals surface area contributed by atoms with Gasteiger partial charge in [0, 0.05) is 12.6 Å². The zero-order chi connectivity index (χ0) is 14.2. The van der Waals surface area contributed by atoms with Crippen molar-refractivity contribution in [3.63, 3.8) is 0 Å². The smallest absolute Gasteiger partial charge is 0.218 e. The first kappa shape index (κ1) is 14.1. The van der Waals surface area contributed by atoms with Gasteiger partial charge in [0.2, 0.25) is 5.88 Å². The Morgan fingerprint density at radius 1 is 1.15 bits per heavy atom. The maximum absolute atomic E-state index is 5.65. The molecule has 106 valence electrons. The molecule has 0 bridgehead atoms. The van der Waals surface area contributed by atoms with Gasteiger partial charge in [0.05, 0.1) is 7.11 Å². The van der Waals surface area contributed by atoms with E-state index >= 15 is 0 Å². The number of rotatable bonds is 7. The molecule has 0 aliphatic rings. The second-order valence-electron chi connectivity index (χ2n) is 4.31. The first-order valence-electron chi connectivity index (χ1n) is 6.63. The molecule has 5 heteroatoms. The van der Waals surface area contributed by atoms with Gasteiger partial charge in [-0.25, -0.2) is 9.97 Å². The van der Waals surface area contributed by atoms with E-state index in [1.807, 2.05) is 24.3 Å². The minimum atomic E-state index is 0.466. The fourth-order valence-electron chi connectivity index (χ4n) is 1.65. The fraction of sp³-hybridized carbons (Fsp3) is 0.333. The number of nitrogens with zero attached hydrogens (tertiary/aromatic N) is 2. The predicted octanol–water partition coefficient (Wildman–Crippen LogP) is 2.89. The monoisotopic (exact) mass is 273 g/mol. The van der Waals surface area contributed by atoms with Crippen LogP contribution >= 0.6 is 0 Å². The molecule has 20 heavy (non-hydrogen) atoms. The number of ether oxygens (including phenoxy) is 2. The molecule has 1 N–H and O–H groups in total. The van der Waals surface area contributed by atoms with Crippen molar-refractivity contribution in [2.45, 2.75) is 20.0 Å². The van der Waals surface area contributed by atoms with Crippen LogP contribution in [0.25, 0.3) is 0 Å². The van der Waals surface area contributed by atoms with Crippen LogP contribution in [0.15, 0.2) is 36.7 Å². The van der Waals surface area contributed by atoms with Gasteiger partial charge >= 0.3 is 0 Å². The molecule has 0 aliphatic heterocycles. The van der Waals surface area contributed by atoms with E-state index in [9.17, 15) is 0 Å². The van der Waals surface area contributed by atoms with Crippen LogP contribution in [-0.2, 0) is 6.61 Å². The summed E-state index contributed by atoms with van der Waals surface area (Å²) in [6.07, 6.45) is 2.55. The van der Waals surface area contributed by atoms with Crippen LogP contribution in [-0.4, -0.2) is 23.6 Å². The maximum atomic E-state index is 5.65. The summed E-state index contributed by atoms with van der Waals surface area (Å²) >= 11 is 0. The van der Waals surface area contributed by atoms with Gasteiger partial charge in [0.25, 0.3) is 0 Å². The highest BCUT2D eigenvalue weighted by molar-refractivity contribution is 5.37. The second-order valence-corrected chi connectivity index (χ2v) is 4.31. The van der Waals surface area contributed by atoms with E-state index < -0.39 is 0 Å². The molecule has 0 unspecified atom stereocenters. The third-order valence-corrected chi connectivity index (χ3v) is 2.74. The molecule has 2 aromatic rings. The van der Waals surface area contributed by atoms with Crippen molar-refractivity contribution in [3.8, 4) is 11.6 Å². The Morgan fingerprint density at radius 3 is 2.65 bits per heavy atom. The third kappa shape index (κ3) is 4.12. The van der Waals surface area contributed by atoms with Gasteiger partial charge < -0.3 is 14.8 Å². The molecule has 2 rings (SSSR count). The molecule has 0 atom stereocenters. The number of hydrogen-bond donors (Lipinski definition) is 1. The molecule has 0 radical (unpaired) electrons. The fourth-order valence-corrected chi connectivity index (χ4v) is 1.65. The van der Waals surface area contributed by atoms with Crippen LogP contribution < -0.4 is 14.8 Å². The van der Waals surface area contributed by atoms with E-state index in [0.29, 0.717) is 12.5 Å². The van der Waals surface area contributed by atoms with Crippen molar-refractivity contribution >= 4 is 5.82 Å². The molecular weight excluding hydrogens is 254 g/mol. The summed E-state index contributed by atoms with van der Waals surface area (Å²) in [6.45, 7) is 3.46. The minimum Gasteiger partial charge on any atom is -0.497 e. The van der Waals surface area contributed by atoms with Crippen LogP contribution in [0.3, 0.4) is 0 Å². The van der Waals surface area contributed by atoms with Crippen molar-refractivity contribution in [1.82, 2.24) is 9.97 Å². The van der Waals surface area contributed by atoms with Gasteiger partial charge in [-0.1, -0.05) is 19.1 Å². The standard InChI is InChI=1S/C15H19N3O2/c1-3-8-16-14-9-15(18-11-17-14)20-10-12-4-6-13(19-2)7-5-12/h4-7,9,11H,3,8,10H2,1-2H3,(H,16,17,18). The lowest BCUT2D eigenvalue weighted by Gasteiger charge is -2.08. The minimum absolute atomic E-state index is 0.466. The van der Waals surface area contributed by atoms with Crippen molar-refractivity contribution in [2.24, 2.45) is 0 Å². The molecule has 0 fully saturated rings. The molecule has 0 amide bonds. The molecule has 1 heterocycles. The normalized spacial score (nSPS) is 10.1. The first-order chi connectivity index (χ1) is 9.81. The highest BCUT2D eigenvalue weighted by Gasteiger charge is 2.00. The van der Waals surface area contributed by atoms with Gasteiger partial charge in [0.15, 0.2) is 0 Å². The Bertz CT molecular complexity index is 529. The van der Waals surface area contributed by atoms with Gasteiger partial charge in [-0.3, -0.25) is 0 Å². The largest absolute Gasteiger partial charge is 0.497 e. The highest BCUT2D eigenvalue weighted by Crippen LogP contribution is 2.15. The van der Waals surface area contributed by atoms with E-state index in [-0.39, 0.29) is 0 Å². The molecule has 0 saturated heterocycles. The average Bonchev–Trinajstić information content (AvgIpc) is 2.52. The van der Waals surface area contributed by atoms with E-state index in [0.717, 1.165) is 30.1 Å². The number of methoxy groups -OCH3 is 1. The summed E-state index contributed by atoms with van der Waals surface area (Å²) in [6, 6.07) is 9.56. The molecule has 1 aromatic carbocycles. The molecule has 1 aromatic heterocycles. The first-order valence-corrected chi connectivity index (χ1v) is 6.63. The number of aromatic nitrogens is 2. The predicted molar refractivity (Wildman–Crippen MR) is 78.1 cm³/mol. The quantitative estimate of drug-likeness (QED) is 0.840. The topological polar surface area (TPSA) is 56.3 Å². The van der Waals surface area contributed by atoms with Crippen LogP contribution in [0.2, 0.25) is 0 Å². The van der Waals surface area contributed by atoms with Crippen LogP contribution in [0, 0.1) is 0 Å². The van der Waals surface area contributed by atoms with Crippen LogP contribution in [0.5, 0.6) is 11.6 Å². The lowest BCUT2D eigenvalue weighted by atomic mass is 10.2. The van der Waals surface area contributed by atoms with Gasteiger partial charge in [-0.15, -0.1) is 0 Å². The molecule has 0 spiro atoms. The molecule has 5 nitrogen and oxygen atoms in total. The Hall–Kier alpha value is -2.30. The molecule has 0 aliphatic carbocycles. The van der Waals surface area contributed by atoms with Gasteiger partial charge in [0.1, 0.15) is 24.5 Å². The maximum Gasteiger partial charge on any atom is 0.218 e. The zero-order valence-electron chi connectivity index (χ0n) is 11.8. The summed E-state index contributed by atoms with van der Waals surface area (Å²) in [5.41, 5.74) is 1.06. The number of nitrogens with one attached hydrogen (secondary N) is 1. The lowest BCUT2D eigenvalue weighted by molar-refractivity contribution is 0.293. The Morgan fingerprint density at radius 2 is 1.95 bits per heavy atom. The Labute approximate surface area is 119 Å². The van der Waals surface area contributed by atoms with E-state index in [2.05, 4.69) is 22.2 Å². The summed E-state index contributed by atoms with van der Waals surface area (Å²) < 4.78 is 10.8. The summed E-state index contributed by atoms with van der Waals surface area (Å²) in [7, 11) is 1.65. The Balaban J connectivity index is 1.92. The van der Waals surface area contributed by atoms with E-state index in [4.69, 9.17) is 9.47 Å². The summed E-state index contributed by atoms with van der Waals surface area (Å²) in [5, 5.41) is 3.20.